The van der Waals surface area contributed by atoms with E-state index < -0.39 is 40.6 Å². The number of rotatable bonds is 6. The lowest BCUT2D eigenvalue weighted by Gasteiger charge is -2.34. The van der Waals surface area contributed by atoms with Gasteiger partial charge < -0.3 is 20.5 Å². The first-order chi connectivity index (χ1) is 16.2. The van der Waals surface area contributed by atoms with Crippen LogP contribution >= 0.6 is 0 Å². The van der Waals surface area contributed by atoms with E-state index in [0.29, 0.717) is 5.57 Å². The van der Waals surface area contributed by atoms with Gasteiger partial charge in [0.25, 0.3) is 11.6 Å². The number of nitro groups is 1. The number of nitrogens with one attached hydrogen (secondary N) is 1. The molecule has 2 amide bonds. The Morgan fingerprint density at radius 2 is 1.94 bits per heavy atom. The first-order valence-electron chi connectivity index (χ1n) is 10.9. The van der Waals surface area contributed by atoms with Gasteiger partial charge in [-0.3, -0.25) is 29.6 Å². The van der Waals surface area contributed by atoms with Crippen molar-refractivity contribution in [3.63, 3.8) is 0 Å². The number of nitrogens with two attached hydrogens (primary N) is 1. The summed E-state index contributed by atoms with van der Waals surface area (Å²) in [4.78, 5) is 53.7. The molecule has 2 rings (SSSR count). The molecule has 190 valence electrons. The second-order valence-corrected chi connectivity index (χ2v) is 9.25. The van der Waals surface area contributed by atoms with Crippen molar-refractivity contribution in [2.24, 2.45) is 10.7 Å². The van der Waals surface area contributed by atoms with Crippen molar-refractivity contribution in [3.05, 3.63) is 51.2 Å². The smallest absolute Gasteiger partial charge is 0.411 e. The molecule has 1 aromatic carbocycles. The number of ether oxygens (including phenoxy) is 2. The molecule has 0 unspecified atom stereocenters. The lowest BCUT2D eigenvalue weighted by Crippen LogP contribution is -2.48. The first kappa shape index (κ1) is 27.3. The molecule has 1 aromatic rings. The van der Waals surface area contributed by atoms with E-state index in [-0.39, 0.29) is 35.9 Å². The van der Waals surface area contributed by atoms with Crippen LogP contribution < -0.4 is 11.1 Å². The number of amides is 2. The Balaban J connectivity index is 2.42. The number of non-ortho nitro benzene ring substituents is 1. The number of hydrogen-bond donors (Lipinski definition) is 2. The predicted octanol–water partition coefficient (Wildman–Crippen LogP) is 2.53. The van der Waals surface area contributed by atoms with Crippen molar-refractivity contribution >= 4 is 29.5 Å². The van der Waals surface area contributed by atoms with Crippen LogP contribution in [0.25, 0.3) is 0 Å². The summed E-state index contributed by atoms with van der Waals surface area (Å²) in [7, 11) is 0. The monoisotopic (exact) mass is 489 g/mol. The van der Waals surface area contributed by atoms with Gasteiger partial charge in [0.15, 0.2) is 0 Å². The summed E-state index contributed by atoms with van der Waals surface area (Å²) in [5.41, 5.74) is 4.94. The standard InChI is InChI=1S/C23H31N5O7/c1-7-34-17(29)12-25-19(26-20(30)14-9-8-10-15(11-14)28(32)33)16-13-27(23(5,6)18(16)24)21(31)35-22(2,3)4/h8-11H,7,12-13,24H2,1-6H3,(H,25,26,30). The summed E-state index contributed by atoms with van der Waals surface area (Å²) in [6.45, 7) is 9.95. The quantitative estimate of drug-likeness (QED) is 0.202. The normalized spacial score (nSPS) is 15.6. The van der Waals surface area contributed by atoms with Crippen molar-refractivity contribution in [2.75, 3.05) is 19.7 Å². The van der Waals surface area contributed by atoms with E-state index in [1.807, 2.05) is 0 Å². The zero-order valence-corrected chi connectivity index (χ0v) is 20.7. The zero-order chi connectivity index (χ0) is 26.6. The highest BCUT2D eigenvalue weighted by atomic mass is 16.6. The molecule has 1 aliphatic rings. The summed E-state index contributed by atoms with van der Waals surface area (Å²) in [6.07, 6.45) is -0.616. The molecule has 0 spiro atoms. The van der Waals surface area contributed by atoms with Gasteiger partial charge in [-0.25, -0.2) is 4.79 Å². The van der Waals surface area contributed by atoms with Crippen LogP contribution in [0.4, 0.5) is 10.5 Å². The third-order valence-corrected chi connectivity index (χ3v) is 5.10. The maximum atomic E-state index is 12.9. The van der Waals surface area contributed by atoms with Gasteiger partial charge in [-0.15, -0.1) is 0 Å². The van der Waals surface area contributed by atoms with Crippen molar-refractivity contribution in [3.8, 4) is 0 Å². The molecule has 35 heavy (non-hydrogen) atoms. The highest BCUT2D eigenvalue weighted by molar-refractivity contribution is 6.14. The number of amidine groups is 1. The molecule has 0 saturated carbocycles. The fourth-order valence-electron chi connectivity index (χ4n) is 3.27. The topological polar surface area (TPSA) is 166 Å². The average molecular weight is 490 g/mol. The highest BCUT2D eigenvalue weighted by Gasteiger charge is 2.44. The summed E-state index contributed by atoms with van der Waals surface area (Å²) in [5.74, 6) is -1.38. The molecule has 0 saturated heterocycles. The lowest BCUT2D eigenvalue weighted by molar-refractivity contribution is -0.384. The van der Waals surface area contributed by atoms with Gasteiger partial charge in [0.05, 0.1) is 23.6 Å². The Hall–Kier alpha value is -3.96. The molecule has 12 heteroatoms. The number of benzene rings is 1. The van der Waals surface area contributed by atoms with Crippen molar-refractivity contribution < 1.29 is 28.8 Å². The Kier molecular flexibility index (Phi) is 8.21. The number of carbonyl (C=O) groups excluding carboxylic acids is 3. The van der Waals surface area contributed by atoms with Gasteiger partial charge in [-0.1, -0.05) is 6.07 Å². The van der Waals surface area contributed by atoms with Crippen LogP contribution in [0.3, 0.4) is 0 Å². The fourth-order valence-corrected chi connectivity index (χ4v) is 3.27. The van der Waals surface area contributed by atoms with E-state index in [9.17, 15) is 24.5 Å². The second kappa shape index (κ2) is 10.5. The Morgan fingerprint density at radius 3 is 2.51 bits per heavy atom. The van der Waals surface area contributed by atoms with Crippen LogP contribution in [0.5, 0.6) is 0 Å². The van der Waals surface area contributed by atoms with E-state index in [1.165, 1.54) is 23.1 Å². The van der Waals surface area contributed by atoms with Gasteiger partial charge in [-0.2, -0.15) is 0 Å². The van der Waals surface area contributed by atoms with Crippen LogP contribution in [-0.2, 0) is 14.3 Å². The lowest BCUT2D eigenvalue weighted by atomic mass is 10.0. The van der Waals surface area contributed by atoms with Crippen LogP contribution in [0, 0.1) is 10.1 Å². The van der Waals surface area contributed by atoms with Gasteiger partial charge in [-0.05, 0) is 47.6 Å². The van der Waals surface area contributed by atoms with Gasteiger partial charge in [0.1, 0.15) is 18.0 Å². The van der Waals surface area contributed by atoms with Crippen molar-refractivity contribution in [1.29, 1.82) is 0 Å². The summed E-state index contributed by atoms with van der Waals surface area (Å²) >= 11 is 0. The Labute approximate surface area is 203 Å². The molecule has 1 heterocycles. The summed E-state index contributed by atoms with van der Waals surface area (Å²) in [6, 6.07) is 5.14. The van der Waals surface area contributed by atoms with Crippen LogP contribution in [0.1, 0.15) is 51.9 Å². The van der Waals surface area contributed by atoms with E-state index in [4.69, 9.17) is 15.2 Å². The number of aliphatic imine (C=N–C) groups is 1. The summed E-state index contributed by atoms with van der Waals surface area (Å²) in [5, 5.41) is 13.7. The minimum Gasteiger partial charge on any atom is -0.465 e. The van der Waals surface area contributed by atoms with Crippen molar-refractivity contribution in [2.45, 2.75) is 52.7 Å². The molecule has 0 atom stereocenters. The van der Waals surface area contributed by atoms with E-state index >= 15 is 0 Å². The van der Waals surface area contributed by atoms with E-state index in [2.05, 4.69) is 10.3 Å². The van der Waals surface area contributed by atoms with Crippen LogP contribution in [0.15, 0.2) is 40.5 Å². The van der Waals surface area contributed by atoms with E-state index in [1.54, 1.807) is 41.5 Å². The van der Waals surface area contributed by atoms with Crippen molar-refractivity contribution in [1.82, 2.24) is 10.2 Å². The highest BCUT2D eigenvalue weighted by Crippen LogP contribution is 2.33. The molecule has 0 fully saturated rings. The molecule has 3 N–H and O–H groups in total. The molecule has 0 aliphatic carbocycles. The molecule has 0 bridgehead atoms. The second-order valence-electron chi connectivity index (χ2n) is 9.25. The Morgan fingerprint density at radius 1 is 1.29 bits per heavy atom. The Bertz CT molecular complexity index is 1090. The average Bonchev–Trinajstić information content (AvgIpc) is 2.99. The van der Waals surface area contributed by atoms with Gasteiger partial charge in [0, 0.05) is 29.0 Å². The van der Waals surface area contributed by atoms with Crippen LogP contribution in [-0.4, -0.2) is 64.5 Å². The minimum atomic E-state index is -0.987. The minimum absolute atomic E-state index is 0.00321. The number of esters is 1. The zero-order valence-electron chi connectivity index (χ0n) is 20.7. The third-order valence-electron chi connectivity index (χ3n) is 5.10. The van der Waals surface area contributed by atoms with Gasteiger partial charge in [0.2, 0.25) is 0 Å². The molecular weight excluding hydrogens is 458 g/mol. The molecule has 0 aromatic heterocycles. The molecular formula is C23H31N5O7. The maximum absolute atomic E-state index is 12.9. The van der Waals surface area contributed by atoms with Gasteiger partial charge >= 0.3 is 12.1 Å². The van der Waals surface area contributed by atoms with Crippen LogP contribution in [0.2, 0.25) is 0 Å². The number of nitrogens with zero attached hydrogens (tertiary/aromatic N) is 3. The number of carbonyl (C=O) groups is 3. The SMILES string of the molecule is CCOC(=O)CN=C(NC(=O)c1cccc([N+](=O)[O-])c1)C1=C(N)C(C)(C)N(C(=O)OC(C)(C)C)C1. The molecule has 0 radical (unpaired) electrons. The third kappa shape index (κ3) is 6.78. The summed E-state index contributed by atoms with van der Waals surface area (Å²) < 4.78 is 10.4. The molecule has 12 nitrogen and oxygen atoms in total. The maximum Gasteiger partial charge on any atom is 0.411 e. The fraction of sp³-hybridized carbons (Fsp3) is 0.478. The first-order valence-corrected chi connectivity index (χ1v) is 10.9. The largest absolute Gasteiger partial charge is 0.465 e. The molecule has 1 aliphatic heterocycles. The number of nitro benzene ring substituents is 1. The predicted molar refractivity (Wildman–Crippen MR) is 128 cm³/mol. The van der Waals surface area contributed by atoms with E-state index in [0.717, 1.165) is 6.07 Å². The number of hydrogen-bond acceptors (Lipinski definition) is 9.